The van der Waals surface area contributed by atoms with Gasteiger partial charge in [-0.2, -0.15) is 5.10 Å². The first-order valence-corrected chi connectivity index (χ1v) is 10.9. The summed E-state index contributed by atoms with van der Waals surface area (Å²) < 4.78 is 43.8. The first kappa shape index (κ1) is 22.4. The van der Waals surface area contributed by atoms with E-state index in [2.05, 4.69) is 15.4 Å². The normalized spacial score (nSPS) is 17.6. The topological polar surface area (TPSA) is 85.0 Å². The van der Waals surface area contributed by atoms with Gasteiger partial charge in [0.15, 0.2) is 0 Å². The van der Waals surface area contributed by atoms with Crippen molar-refractivity contribution >= 4 is 28.3 Å². The number of alkyl halides is 2. The molecule has 11 heteroatoms. The number of hydrogen-bond acceptors (Lipinski definition) is 5. The molecule has 0 bridgehead atoms. The van der Waals surface area contributed by atoms with Gasteiger partial charge in [-0.3, -0.25) is 14.0 Å². The highest BCUT2D eigenvalue weighted by molar-refractivity contribution is 6.32. The number of rotatable bonds is 7. The maximum absolute atomic E-state index is 14.1. The fourth-order valence-corrected chi connectivity index (χ4v) is 4.20. The maximum atomic E-state index is 14.1. The molecule has 0 spiro atoms. The minimum absolute atomic E-state index is 0.151. The third kappa shape index (κ3) is 4.03. The van der Waals surface area contributed by atoms with Gasteiger partial charge in [-0.25, -0.2) is 18.2 Å². The standard InChI is InChI=1S/C23H19ClF3N5O2/c24-16-10-28-21(30-18(12-33)15-8-23(15,26)27)7-20(16)31-6-5-19-14(22(31)34)9-29-32(19)11-13-3-1-2-4-17(13)25/h1-7,9-10,15,18,33H,8,11-12H2,(H,28,30). The molecule has 34 heavy (non-hydrogen) atoms. The van der Waals surface area contributed by atoms with E-state index in [1.807, 2.05) is 0 Å². The van der Waals surface area contributed by atoms with Gasteiger partial charge in [0.1, 0.15) is 11.6 Å². The third-order valence-electron chi connectivity index (χ3n) is 5.97. The van der Waals surface area contributed by atoms with E-state index in [4.69, 9.17) is 11.6 Å². The summed E-state index contributed by atoms with van der Waals surface area (Å²) >= 11 is 6.29. The Labute approximate surface area is 196 Å². The Bertz CT molecular complexity index is 1440. The van der Waals surface area contributed by atoms with Crippen molar-refractivity contribution in [3.05, 3.63) is 81.7 Å². The fourth-order valence-electron chi connectivity index (χ4n) is 4.01. The Kier molecular flexibility index (Phi) is 5.57. The van der Waals surface area contributed by atoms with Crippen LogP contribution >= 0.6 is 11.6 Å². The summed E-state index contributed by atoms with van der Waals surface area (Å²) in [6, 6.07) is 8.56. The predicted octanol–water partition coefficient (Wildman–Crippen LogP) is 3.85. The molecule has 3 aromatic heterocycles. The third-order valence-corrected chi connectivity index (χ3v) is 6.26. The van der Waals surface area contributed by atoms with Crippen molar-refractivity contribution in [2.24, 2.45) is 5.92 Å². The molecule has 1 aliphatic rings. The van der Waals surface area contributed by atoms with Gasteiger partial charge in [0.25, 0.3) is 11.5 Å². The van der Waals surface area contributed by atoms with Gasteiger partial charge < -0.3 is 10.4 Å². The number of aliphatic hydroxyl groups excluding tert-OH is 1. The number of anilines is 1. The molecule has 1 aromatic carbocycles. The summed E-state index contributed by atoms with van der Waals surface area (Å²) in [5.41, 5.74) is 0.824. The van der Waals surface area contributed by atoms with Gasteiger partial charge in [-0.15, -0.1) is 0 Å². The van der Waals surface area contributed by atoms with E-state index >= 15 is 0 Å². The first-order chi connectivity index (χ1) is 16.3. The van der Waals surface area contributed by atoms with E-state index in [0.717, 1.165) is 0 Å². The molecule has 0 saturated heterocycles. The van der Waals surface area contributed by atoms with Gasteiger partial charge in [0.2, 0.25) is 0 Å². The predicted molar refractivity (Wildman–Crippen MR) is 121 cm³/mol. The van der Waals surface area contributed by atoms with Gasteiger partial charge in [0, 0.05) is 24.2 Å². The first-order valence-electron chi connectivity index (χ1n) is 10.5. The van der Waals surface area contributed by atoms with Crippen molar-refractivity contribution < 1.29 is 18.3 Å². The lowest BCUT2D eigenvalue weighted by atomic mass is 10.2. The molecule has 1 aliphatic carbocycles. The Morgan fingerprint density at radius 2 is 2.03 bits per heavy atom. The molecule has 7 nitrogen and oxygen atoms in total. The average molecular weight is 490 g/mol. The molecule has 5 rings (SSSR count). The van der Waals surface area contributed by atoms with Crippen LogP contribution in [0.5, 0.6) is 0 Å². The van der Waals surface area contributed by atoms with Crippen LogP contribution in [0.3, 0.4) is 0 Å². The zero-order valence-corrected chi connectivity index (χ0v) is 18.4. The lowest BCUT2D eigenvalue weighted by molar-refractivity contribution is 0.0881. The molecule has 0 aliphatic heterocycles. The molecule has 3 heterocycles. The van der Waals surface area contributed by atoms with E-state index in [9.17, 15) is 23.1 Å². The second-order valence-electron chi connectivity index (χ2n) is 8.21. The number of pyridine rings is 2. The maximum Gasteiger partial charge on any atom is 0.266 e. The zero-order chi connectivity index (χ0) is 24.0. The fraction of sp³-hybridized carbons (Fsp3) is 0.261. The monoisotopic (exact) mass is 489 g/mol. The molecular weight excluding hydrogens is 471 g/mol. The summed E-state index contributed by atoms with van der Waals surface area (Å²) in [4.78, 5) is 17.3. The van der Waals surface area contributed by atoms with Crippen molar-refractivity contribution in [2.75, 3.05) is 11.9 Å². The van der Waals surface area contributed by atoms with Crippen molar-refractivity contribution in [1.29, 1.82) is 0 Å². The van der Waals surface area contributed by atoms with Crippen LogP contribution in [-0.4, -0.2) is 43.0 Å². The van der Waals surface area contributed by atoms with Crippen molar-refractivity contribution in [2.45, 2.75) is 24.9 Å². The second kappa shape index (κ2) is 8.44. The number of aliphatic hydroxyl groups is 1. The summed E-state index contributed by atoms with van der Waals surface area (Å²) in [6.45, 7) is -0.342. The Morgan fingerprint density at radius 3 is 2.74 bits per heavy atom. The molecule has 176 valence electrons. The molecule has 2 atom stereocenters. The zero-order valence-electron chi connectivity index (χ0n) is 17.6. The largest absolute Gasteiger partial charge is 0.394 e. The van der Waals surface area contributed by atoms with E-state index in [0.29, 0.717) is 16.5 Å². The van der Waals surface area contributed by atoms with Gasteiger partial charge in [0.05, 0.1) is 59.1 Å². The van der Waals surface area contributed by atoms with Crippen molar-refractivity contribution in [3.63, 3.8) is 0 Å². The van der Waals surface area contributed by atoms with E-state index in [-0.39, 0.29) is 35.3 Å². The highest BCUT2D eigenvalue weighted by Crippen LogP contribution is 2.51. The van der Waals surface area contributed by atoms with Crippen LogP contribution in [0.25, 0.3) is 16.6 Å². The minimum atomic E-state index is -2.82. The number of benzene rings is 1. The molecule has 2 unspecified atom stereocenters. The smallest absolute Gasteiger partial charge is 0.266 e. The van der Waals surface area contributed by atoms with Gasteiger partial charge >= 0.3 is 0 Å². The molecule has 1 fully saturated rings. The molecule has 0 amide bonds. The summed E-state index contributed by atoms with van der Waals surface area (Å²) in [7, 11) is 0. The summed E-state index contributed by atoms with van der Waals surface area (Å²) in [6.07, 6.45) is 3.91. The summed E-state index contributed by atoms with van der Waals surface area (Å²) in [5.74, 6) is -3.98. The SMILES string of the molecule is O=c1c2cnn(Cc3ccccc3F)c2ccn1-c1cc(NC(CO)C2CC2(F)F)ncc1Cl. The van der Waals surface area contributed by atoms with Crippen LogP contribution in [0.4, 0.5) is 19.0 Å². The minimum Gasteiger partial charge on any atom is -0.394 e. The lowest BCUT2D eigenvalue weighted by Crippen LogP contribution is -2.29. The van der Waals surface area contributed by atoms with Crippen LogP contribution in [0.2, 0.25) is 5.02 Å². The number of aromatic nitrogens is 4. The molecule has 0 radical (unpaired) electrons. The van der Waals surface area contributed by atoms with Gasteiger partial charge in [-0.05, 0) is 12.1 Å². The lowest BCUT2D eigenvalue weighted by Gasteiger charge is -2.18. The number of nitrogens with zero attached hydrogens (tertiary/aromatic N) is 4. The Morgan fingerprint density at radius 1 is 1.26 bits per heavy atom. The Hall–Kier alpha value is -3.37. The second-order valence-corrected chi connectivity index (χ2v) is 8.62. The Balaban J connectivity index is 1.47. The van der Waals surface area contributed by atoms with Crippen molar-refractivity contribution in [3.8, 4) is 5.69 Å². The highest BCUT2D eigenvalue weighted by Gasteiger charge is 2.60. The van der Waals surface area contributed by atoms with Crippen LogP contribution in [0, 0.1) is 11.7 Å². The van der Waals surface area contributed by atoms with Gasteiger partial charge in [-0.1, -0.05) is 29.8 Å². The van der Waals surface area contributed by atoms with Crippen LogP contribution in [0.1, 0.15) is 12.0 Å². The van der Waals surface area contributed by atoms with Crippen LogP contribution in [-0.2, 0) is 6.54 Å². The molecular formula is C23H19ClF3N5O2. The molecule has 1 saturated carbocycles. The van der Waals surface area contributed by atoms with E-state index in [1.165, 1.54) is 40.0 Å². The van der Waals surface area contributed by atoms with Crippen molar-refractivity contribution in [1.82, 2.24) is 19.3 Å². The van der Waals surface area contributed by atoms with E-state index in [1.54, 1.807) is 24.3 Å². The number of fused-ring (bicyclic) bond motifs is 1. The number of nitrogens with one attached hydrogen (secondary N) is 1. The highest BCUT2D eigenvalue weighted by atomic mass is 35.5. The molecule has 2 N–H and O–H groups in total. The average Bonchev–Trinajstić information content (AvgIpc) is 3.25. The number of halogens is 4. The van der Waals surface area contributed by atoms with Crippen LogP contribution < -0.4 is 10.9 Å². The molecule has 4 aromatic rings. The number of hydrogen-bond donors (Lipinski definition) is 2. The summed E-state index contributed by atoms with van der Waals surface area (Å²) in [5, 5.41) is 17.0. The quantitative estimate of drug-likeness (QED) is 0.412. The van der Waals surface area contributed by atoms with Crippen LogP contribution in [0.15, 0.2) is 59.8 Å². The van der Waals surface area contributed by atoms with E-state index < -0.39 is 30.0 Å².